The first kappa shape index (κ1) is 10.6. The van der Waals surface area contributed by atoms with Crippen molar-refractivity contribution in [3.63, 3.8) is 0 Å². The molecule has 5 heteroatoms. The van der Waals surface area contributed by atoms with Gasteiger partial charge in [-0.05, 0) is 19.1 Å². The Balaban J connectivity index is 2.65. The van der Waals surface area contributed by atoms with Crippen molar-refractivity contribution >= 4 is 11.4 Å². The molecule has 0 unspecified atom stereocenters. The fourth-order valence-corrected chi connectivity index (χ4v) is 0.724. The van der Waals surface area contributed by atoms with E-state index in [9.17, 15) is 13.2 Å². The van der Waals surface area contributed by atoms with Crippen LogP contribution in [0.25, 0.3) is 0 Å². The van der Waals surface area contributed by atoms with Gasteiger partial charge in [0, 0.05) is 0 Å². The van der Waals surface area contributed by atoms with Crippen LogP contribution in [0.3, 0.4) is 0 Å². The van der Waals surface area contributed by atoms with Gasteiger partial charge in [0.1, 0.15) is 5.71 Å². The first-order valence-corrected chi connectivity index (χ1v) is 3.92. The number of nitrogens with zero attached hydrogens (tertiary/aromatic N) is 1. The van der Waals surface area contributed by atoms with E-state index in [2.05, 4.69) is 10.5 Å². The summed E-state index contributed by atoms with van der Waals surface area (Å²) >= 11 is 0. The van der Waals surface area contributed by atoms with Crippen molar-refractivity contribution in [3.8, 4) is 0 Å². The molecular formula is C9H9F3N2. The zero-order valence-corrected chi connectivity index (χ0v) is 7.47. The first-order chi connectivity index (χ1) is 6.50. The van der Waals surface area contributed by atoms with Crippen LogP contribution in [0.4, 0.5) is 18.9 Å². The molecule has 0 aliphatic rings. The van der Waals surface area contributed by atoms with E-state index in [1.54, 1.807) is 30.3 Å². The molecule has 0 bridgehead atoms. The monoisotopic (exact) mass is 202 g/mol. The number of para-hydroxylation sites is 1. The molecular weight excluding hydrogens is 193 g/mol. The summed E-state index contributed by atoms with van der Waals surface area (Å²) in [4.78, 5) is 0. The fourth-order valence-electron chi connectivity index (χ4n) is 0.724. The topological polar surface area (TPSA) is 24.4 Å². The van der Waals surface area contributed by atoms with E-state index in [4.69, 9.17) is 0 Å². The highest BCUT2D eigenvalue weighted by atomic mass is 19.4. The normalized spacial score (nSPS) is 12.7. The van der Waals surface area contributed by atoms with Gasteiger partial charge in [-0.2, -0.15) is 18.3 Å². The smallest absolute Gasteiger partial charge is 0.278 e. The van der Waals surface area contributed by atoms with E-state index < -0.39 is 11.9 Å². The van der Waals surface area contributed by atoms with Crippen LogP contribution < -0.4 is 5.43 Å². The molecule has 0 fully saturated rings. The van der Waals surface area contributed by atoms with Crippen molar-refractivity contribution in [1.82, 2.24) is 0 Å². The minimum atomic E-state index is -4.37. The Kier molecular flexibility index (Phi) is 3.11. The Bertz CT molecular complexity index is 317. The summed E-state index contributed by atoms with van der Waals surface area (Å²) < 4.78 is 35.9. The standard InChI is InChI=1S/C9H9F3N2/c1-7(9(10,11)12)13-14-8-5-3-2-4-6-8/h2-6,14H,1H3/b13-7+. The summed E-state index contributed by atoms with van der Waals surface area (Å²) in [5.74, 6) is 0. The maximum Gasteiger partial charge on any atom is 0.430 e. The van der Waals surface area contributed by atoms with E-state index >= 15 is 0 Å². The summed E-state index contributed by atoms with van der Waals surface area (Å²) in [6, 6.07) is 8.45. The predicted octanol–water partition coefficient (Wildman–Crippen LogP) is 3.04. The molecule has 1 aromatic carbocycles. The molecule has 0 atom stereocenters. The first-order valence-electron chi connectivity index (χ1n) is 3.92. The zero-order chi connectivity index (χ0) is 10.6. The van der Waals surface area contributed by atoms with Gasteiger partial charge in [0.15, 0.2) is 0 Å². The number of halogens is 3. The predicted molar refractivity (Wildman–Crippen MR) is 49.2 cm³/mol. The largest absolute Gasteiger partial charge is 0.430 e. The van der Waals surface area contributed by atoms with E-state index in [-0.39, 0.29) is 0 Å². The lowest BCUT2D eigenvalue weighted by Crippen LogP contribution is -2.20. The number of hydrogen-bond donors (Lipinski definition) is 1. The molecule has 0 radical (unpaired) electrons. The molecule has 2 nitrogen and oxygen atoms in total. The second-order valence-electron chi connectivity index (χ2n) is 2.67. The summed E-state index contributed by atoms with van der Waals surface area (Å²) in [7, 11) is 0. The second kappa shape index (κ2) is 4.13. The molecule has 0 amide bonds. The maximum absolute atomic E-state index is 12.0. The molecule has 0 spiro atoms. The molecule has 1 N–H and O–H groups in total. The van der Waals surface area contributed by atoms with Gasteiger partial charge in [-0.3, -0.25) is 5.43 Å². The zero-order valence-electron chi connectivity index (χ0n) is 7.47. The van der Waals surface area contributed by atoms with Gasteiger partial charge >= 0.3 is 6.18 Å². The molecule has 1 aromatic rings. The van der Waals surface area contributed by atoms with Crippen LogP contribution in [0.5, 0.6) is 0 Å². The molecule has 14 heavy (non-hydrogen) atoms. The van der Waals surface area contributed by atoms with Crippen molar-refractivity contribution in [1.29, 1.82) is 0 Å². The Morgan fingerprint density at radius 2 is 1.79 bits per heavy atom. The summed E-state index contributed by atoms with van der Waals surface area (Å²) in [6.07, 6.45) is -4.37. The van der Waals surface area contributed by atoms with Gasteiger partial charge in [0.2, 0.25) is 0 Å². The van der Waals surface area contributed by atoms with Crippen LogP contribution in [0.15, 0.2) is 35.4 Å². The molecule has 1 rings (SSSR count). The van der Waals surface area contributed by atoms with Gasteiger partial charge in [0.05, 0.1) is 5.69 Å². The van der Waals surface area contributed by atoms with Gasteiger partial charge in [0.25, 0.3) is 0 Å². The number of alkyl halides is 3. The van der Waals surface area contributed by atoms with Crippen LogP contribution in [0, 0.1) is 0 Å². The van der Waals surface area contributed by atoms with Crippen molar-refractivity contribution in [2.75, 3.05) is 5.43 Å². The summed E-state index contributed by atoms with van der Waals surface area (Å²) in [6.45, 7) is 0.913. The Morgan fingerprint density at radius 1 is 1.21 bits per heavy atom. The number of nitrogens with one attached hydrogen (secondary N) is 1. The number of benzene rings is 1. The van der Waals surface area contributed by atoms with Crippen molar-refractivity contribution in [2.24, 2.45) is 5.10 Å². The average Bonchev–Trinajstić information content (AvgIpc) is 2.14. The van der Waals surface area contributed by atoms with Crippen LogP contribution in [0.1, 0.15) is 6.92 Å². The average molecular weight is 202 g/mol. The Hall–Kier alpha value is -1.52. The van der Waals surface area contributed by atoms with Crippen LogP contribution >= 0.6 is 0 Å². The van der Waals surface area contributed by atoms with Crippen molar-refractivity contribution in [3.05, 3.63) is 30.3 Å². The SMILES string of the molecule is C/C(=N\Nc1ccccc1)C(F)(F)F. The number of anilines is 1. The van der Waals surface area contributed by atoms with E-state index in [0.717, 1.165) is 6.92 Å². The lowest BCUT2D eigenvalue weighted by Gasteiger charge is -2.05. The highest BCUT2D eigenvalue weighted by Gasteiger charge is 2.32. The van der Waals surface area contributed by atoms with Crippen molar-refractivity contribution < 1.29 is 13.2 Å². The fraction of sp³-hybridized carbons (Fsp3) is 0.222. The molecule has 0 aliphatic carbocycles. The van der Waals surface area contributed by atoms with Crippen LogP contribution in [-0.4, -0.2) is 11.9 Å². The minimum absolute atomic E-state index is 0.524. The highest BCUT2D eigenvalue weighted by molar-refractivity contribution is 5.87. The van der Waals surface area contributed by atoms with Crippen LogP contribution in [0.2, 0.25) is 0 Å². The molecule has 0 aromatic heterocycles. The van der Waals surface area contributed by atoms with Gasteiger partial charge in [-0.1, -0.05) is 18.2 Å². The Labute approximate surface area is 79.4 Å². The lowest BCUT2D eigenvalue weighted by molar-refractivity contribution is -0.0592. The molecule has 0 aliphatic heterocycles. The second-order valence-corrected chi connectivity index (χ2v) is 2.67. The third-order valence-electron chi connectivity index (χ3n) is 1.54. The lowest BCUT2D eigenvalue weighted by atomic mass is 10.3. The summed E-state index contributed by atoms with van der Waals surface area (Å²) in [5.41, 5.74) is 1.94. The Morgan fingerprint density at radius 3 is 2.29 bits per heavy atom. The third-order valence-corrected chi connectivity index (χ3v) is 1.54. The number of hydrogen-bond acceptors (Lipinski definition) is 2. The van der Waals surface area contributed by atoms with Gasteiger partial charge in [-0.15, -0.1) is 0 Å². The minimum Gasteiger partial charge on any atom is -0.278 e. The number of hydrazone groups is 1. The molecule has 0 saturated heterocycles. The van der Waals surface area contributed by atoms with Gasteiger partial charge < -0.3 is 0 Å². The molecule has 0 saturated carbocycles. The molecule has 0 heterocycles. The maximum atomic E-state index is 12.0. The van der Waals surface area contributed by atoms with Gasteiger partial charge in [-0.25, -0.2) is 0 Å². The number of rotatable bonds is 2. The van der Waals surface area contributed by atoms with Crippen LogP contribution in [-0.2, 0) is 0 Å². The van der Waals surface area contributed by atoms with Crippen molar-refractivity contribution in [2.45, 2.75) is 13.1 Å². The third kappa shape index (κ3) is 3.08. The quantitative estimate of drug-likeness (QED) is 0.578. The van der Waals surface area contributed by atoms with E-state index in [1.165, 1.54) is 0 Å². The summed E-state index contributed by atoms with van der Waals surface area (Å²) in [5, 5.41) is 3.21. The van der Waals surface area contributed by atoms with E-state index in [0.29, 0.717) is 5.69 Å². The van der Waals surface area contributed by atoms with E-state index in [1.807, 2.05) is 0 Å². The highest BCUT2D eigenvalue weighted by Crippen LogP contribution is 2.17. The molecule has 76 valence electrons.